The first kappa shape index (κ1) is 17.8. The zero-order chi connectivity index (χ0) is 19.6. The van der Waals surface area contributed by atoms with Crippen molar-refractivity contribution < 1.29 is 0 Å². The third-order valence-electron chi connectivity index (χ3n) is 5.39. The molecule has 0 aliphatic carbocycles. The van der Waals surface area contributed by atoms with Crippen LogP contribution < -0.4 is 5.32 Å². The van der Waals surface area contributed by atoms with Gasteiger partial charge in [0.05, 0.1) is 11.6 Å². The van der Waals surface area contributed by atoms with Gasteiger partial charge in [0.1, 0.15) is 5.82 Å². The highest BCUT2D eigenvalue weighted by atomic mass is 15.3. The normalized spacial score (nSPS) is 17.1. The minimum Gasteiger partial charge on any atom is -0.365 e. The van der Waals surface area contributed by atoms with Gasteiger partial charge >= 0.3 is 0 Å². The van der Waals surface area contributed by atoms with E-state index >= 15 is 0 Å². The molecule has 1 aliphatic heterocycles. The second-order valence-electron chi connectivity index (χ2n) is 7.49. The Balaban J connectivity index is 1.39. The molecule has 1 saturated heterocycles. The smallest absolute Gasteiger partial charge is 0.164 e. The molecule has 0 spiro atoms. The van der Waals surface area contributed by atoms with E-state index in [0.29, 0.717) is 11.9 Å². The fourth-order valence-corrected chi connectivity index (χ4v) is 3.89. The lowest BCUT2D eigenvalue weighted by molar-refractivity contribution is 0.328. The van der Waals surface area contributed by atoms with Gasteiger partial charge in [-0.25, -0.2) is 9.97 Å². The molecule has 4 heterocycles. The maximum absolute atomic E-state index is 4.84. The fourth-order valence-electron chi connectivity index (χ4n) is 3.89. The van der Waals surface area contributed by atoms with Crippen molar-refractivity contribution in [3.63, 3.8) is 0 Å². The number of hydrogen-bond donors (Lipinski definition) is 1. The number of aryl methyl sites for hydroxylation is 1. The number of aromatic nitrogens is 5. The van der Waals surface area contributed by atoms with E-state index in [9.17, 15) is 0 Å². The van der Waals surface area contributed by atoms with Crippen molar-refractivity contribution in [3.8, 4) is 11.4 Å². The molecule has 1 aromatic carbocycles. The SMILES string of the molecule is Cn1ncc2c(N[C@H]3CCN(Cc4ccccc4)C3)nc(-c3ccncc3)nc21. The Bertz CT molecular complexity index is 1110. The highest BCUT2D eigenvalue weighted by Gasteiger charge is 2.24. The van der Waals surface area contributed by atoms with E-state index in [1.54, 1.807) is 17.1 Å². The van der Waals surface area contributed by atoms with Crippen LogP contribution in [-0.4, -0.2) is 48.8 Å². The van der Waals surface area contributed by atoms with Crippen LogP contribution in [-0.2, 0) is 13.6 Å². The van der Waals surface area contributed by atoms with Crippen LogP contribution >= 0.6 is 0 Å². The molecule has 0 radical (unpaired) electrons. The van der Waals surface area contributed by atoms with Crippen molar-refractivity contribution in [2.75, 3.05) is 18.4 Å². The maximum atomic E-state index is 4.84. The van der Waals surface area contributed by atoms with Crippen molar-refractivity contribution in [3.05, 3.63) is 66.6 Å². The first-order chi connectivity index (χ1) is 14.3. The summed E-state index contributed by atoms with van der Waals surface area (Å²) in [6.45, 7) is 3.05. The molecule has 1 atom stereocenters. The number of anilines is 1. The number of benzene rings is 1. The van der Waals surface area contributed by atoms with Gasteiger partial charge in [-0.15, -0.1) is 0 Å². The Labute approximate surface area is 169 Å². The molecule has 0 amide bonds. The van der Waals surface area contributed by atoms with Crippen LogP contribution in [0.2, 0.25) is 0 Å². The Morgan fingerprint density at radius 2 is 1.90 bits per heavy atom. The van der Waals surface area contributed by atoms with Crippen molar-refractivity contribution in [2.24, 2.45) is 7.05 Å². The Morgan fingerprint density at radius 1 is 1.07 bits per heavy atom. The topological polar surface area (TPSA) is 71.8 Å². The maximum Gasteiger partial charge on any atom is 0.164 e. The summed E-state index contributed by atoms with van der Waals surface area (Å²) in [6.07, 6.45) is 6.45. The summed E-state index contributed by atoms with van der Waals surface area (Å²) in [5.41, 5.74) is 3.13. The molecular weight excluding hydrogens is 362 g/mol. The second kappa shape index (κ2) is 7.60. The molecule has 1 aliphatic rings. The predicted molar refractivity (Wildman–Crippen MR) is 113 cm³/mol. The summed E-state index contributed by atoms with van der Waals surface area (Å²) >= 11 is 0. The lowest BCUT2D eigenvalue weighted by Crippen LogP contribution is -2.26. The number of fused-ring (bicyclic) bond motifs is 1. The van der Waals surface area contributed by atoms with Gasteiger partial charge in [-0.1, -0.05) is 30.3 Å². The van der Waals surface area contributed by atoms with Gasteiger partial charge < -0.3 is 5.32 Å². The Hall–Kier alpha value is -3.32. The number of nitrogens with one attached hydrogen (secondary N) is 1. The van der Waals surface area contributed by atoms with E-state index in [2.05, 4.69) is 50.6 Å². The van der Waals surface area contributed by atoms with Gasteiger partial charge in [0, 0.05) is 50.7 Å². The first-order valence-corrected chi connectivity index (χ1v) is 9.89. The van der Waals surface area contributed by atoms with Gasteiger partial charge in [-0.3, -0.25) is 14.6 Å². The van der Waals surface area contributed by atoms with Crippen LogP contribution in [0.1, 0.15) is 12.0 Å². The lowest BCUT2D eigenvalue weighted by Gasteiger charge is -2.17. The van der Waals surface area contributed by atoms with Crippen molar-refractivity contribution in [1.82, 2.24) is 29.6 Å². The van der Waals surface area contributed by atoms with E-state index in [0.717, 1.165) is 48.5 Å². The average Bonchev–Trinajstić information content (AvgIpc) is 3.36. The number of likely N-dealkylation sites (tertiary alicyclic amines) is 1. The van der Waals surface area contributed by atoms with Crippen molar-refractivity contribution >= 4 is 16.9 Å². The average molecular weight is 385 g/mol. The van der Waals surface area contributed by atoms with Crippen LogP contribution in [0.3, 0.4) is 0 Å². The number of nitrogens with zero attached hydrogens (tertiary/aromatic N) is 6. The molecule has 0 bridgehead atoms. The van der Waals surface area contributed by atoms with E-state index in [4.69, 9.17) is 9.97 Å². The number of rotatable bonds is 5. The van der Waals surface area contributed by atoms with Crippen LogP contribution in [0, 0.1) is 0 Å². The van der Waals surface area contributed by atoms with Gasteiger partial charge in [-0.2, -0.15) is 5.10 Å². The monoisotopic (exact) mass is 385 g/mol. The molecule has 0 unspecified atom stereocenters. The minimum atomic E-state index is 0.349. The van der Waals surface area contributed by atoms with Crippen LogP contribution in [0.4, 0.5) is 5.82 Å². The summed E-state index contributed by atoms with van der Waals surface area (Å²) < 4.78 is 1.79. The summed E-state index contributed by atoms with van der Waals surface area (Å²) in [4.78, 5) is 16.1. The second-order valence-corrected chi connectivity index (χ2v) is 7.49. The van der Waals surface area contributed by atoms with Crippen LogP contribution in [0.15, 0.2) is 61.1 Å². The van der Waals surface area contributed by atoms with Crippen molar-refractivity contribution in [2.45, 2.75) is 19.0 Å². The molecule has 146 valence electrons. The summed E-state index contributed by atoms with van der Waals surface area (Å²) in [5, 5.41) is 9.00. The van der Waals surface area contributed by atoms with E-state index in [-0.39, 0.29) is 0 Å². The standard InChI is InChI=1S/C22H23N7/c1-28-22-19(13-24-28)21(26-20(27-22)17-7-10-23-11-8-17)25-18-9-12-29(15-18)14-16-5-3-2-4-6-16/h2-8,10-11,13,18H,9,12,14-15H2,1H3,(H,25,26,27)/t18-/m0/s1. The molecule has 0 saturated carbocycles. The van der Waals surface area contributed by atoms with E-state index in [1.807, 2.05) is 25.4 Å². The predicted octanol–water partition coefficient (Wildman–Crippen LogP) is 3.11. The largest absolute Gasteiger partial charge is 0.365 e. The quantitative estimate of drug-likeness (QED) is 0.569. The van der Waals surface area contributed by atoms with Gasteiger partial charge in [0.2, 0.25) is 0 Å². The van der Waals surface area contributed by atoms with E-state index < -0.39 is 0 Å². The third-order valence-corrected chi connectivity index (χ3v) is 5.39. The lowest BCUT2D eigenvalue weighted by atomic mass is 10.2. The summed E-state index contributed by atoms with van der Waals surface area (Å²) in [6, 6.07) is 14.8. The van der Waals surface area contributed by atoms with Crippen molar-refractivity contribution in [1.29, 1.82) is 0 Å². The molecular formula is C22H23N7. The highest BCUT2D eigenvalue weighted by Crippen LogP contribution is 2.26. The summed E-state index contributed by atoms with van der Waals surface area (Å²) in [5.74, 6) is 1.53. The molecule has 29 heavy (non-hydrogen) atoms. The molecule has 7 heteroatoms. The third kappa shape index (κ3) is 3.69. The zero-order valence-corrected chi connectivity index (χ0v) is 16.4. The van der Waals surface area contributed by atoms with Crippen LogP contribution in [0.5, 0.6) is 0 Å². The summed E-state index contributed by atoms with van der Waals surface area (Å²) in [7, 11) is 1.91. The Kier molecular flexibility index (Phi) is 4.65. The van der Waals surface area contributed by atoms with E-state index in [1.165, 1.54) is 5.56 Å². The Morgan fingerprint density at radius 3 is 2.72 bits per heavy atom. The minimum absolute atomic E-state index is 0.349. The van der Waals surface area contributed by atoms with Gasteiger partial charge in [-0.05, 0) is 24.1 Å². The molecule has 7 nitrogen and oxygen atoms in total. The molecule has 1 fully saturated rings. The first-order valence-electron chi connectivity index (χ1n) is 9.89. The molecule has 1 N–H and O–H groups in total. The van der Waals surface area contributed by atoms with Gasteiger partial charge in [0.15, 0.2) is 11.5 Å². The van der Waals surface area contributed by atoms with Crippen LogP contribution in [0.25, 0.3) is 22.4 Å². The highest BCUT2D eigenvalue weighted by molar-refractivity contribution is 5.88. The molecule has 4 aromatic rings. The molecule has 3 aromatic heterocycles. The zero-order valence-electron chi connectivity index (χ0n) is 16.4. The number of hydrogen-bond acceptors (Lipinski definition) is 6. The van der Waals surface area contributed by atoms with Gasteiger partial charge in [0.25, 0.3) is 0 Å². The fraction of sp³-hybridized carbons (Fsp3) is 0.273. The molecule has 5 rings (SSSR count). The number of pyridine rings is 1.